The molecule has 158 valence electrons. The molecule has 0 aliphatic carbocycles. The normalized spacial score (nSPS) is 17.0. The summed E-state index contributed by atoms with van der Waals surface area (Å²) in [5.74, 6) is 0.272. The van der Waals surface area contributed by atoms with Gasteiger partial charge in [-0.15, -0.1) is 0 Å². The van der Waals surface area contributed by atoms with Crippen molar-refractivity contribution in [1.29, 1.82) is 0 Å². The summed E-state index contributed by atoms with van der Waals surface area (Å²) in [4.78, 5) is 34.1. The van der Waals surface area contributed by atoms with Crippen LogP contribution in [0.2, 0.25) is 0 Å². The van der Waals surface area contributed by atoms with Gasteiger partial charge in [-0.05, 0) is 49.4 Å². The third-order valence-corrected chi connectivity index (χ3v) is 6.21. The lowest BCUT2D eigenvalue weighted by molar-refractivity contribution is -0.136. The molecule has 1 saturated heterocycles. The van der Waals surface area contributed by atoms with Gasteiger partial charge in [-0.3, -0.25) is 14.6 Å². The van der Waals surface area contributed by atoms with Crippen LogP contribution >= 0.6 is 0 Å². The Morgan fingerprint density at radius 2 is 1.77 bits per heavy atom. The molecule has 0 atom stereocenters. The topological polar surface area (TPSA) is 62.7 Å². The molecule has 3 heterocycles. The molecule has 2 amide bonds. The minimum Gasteiger partial charge on any atom is -0.375 e. The summed E-state index contributed by atoms with van der Waals surface area (Å²) in [7, 11) is 1.54. The molecular formula is C24H29N3O3. The van der Waals surface area contributed by atoms with Crippen LogP contribution < -0.4 is 0 Å². The van der Waals surface area contributed by atoms with E-state index in [-0.39, 0.29) is 24.3 Å². The maximum absolute atomic E-state index is 13.4. The maximum atomic E-state index is 13.4. The van der Waals surface area contributed by atoms with Gasteiger partial charge in [0.25, 0.3) is 5.91 Å². The first-order valence-electron chi connectivity index (χ1n) is 10.7. The van der Waals surface area contributed by atoms with E-state index in [1.165, 1.54) is 18.2 Å². The van der Waals surface area contributed by atoms with Gasteiger partial charge in [0.15, 0.2) is 0 Å². The minimum absolute atomic E-state index is 0.0245. The number of carbonyl (C=O) groups is 2. The van der Waals surface area contributed by atoms with Crippen molar-refractivity contribution in [2.45, 2.75) is 38.6 Å². The van der Waals surface area contributed by atoms with Crippen LogP contribution in [-0.4, -0.2) is 59.9 Å². The number of hydrogen-bond donors (Lipinski definition) is 0. The summed E-state index contributed by atoms with van der Waals surface area (Å²) in [6, 6.07) is 12.2. The molecule has 2 aliphatic heterocycles. The number of nitrogens with zero attached hydrogens (tertiary/aromatic N) is 3. The van der Waals surface area contributed by atoms with Crippen molar-refractivity contribution in [3.05, 3.63) is 64.5 Å². The molecule has 6 nitrogen and oxygen atoms in total. The molecule has 30 heavy (non-hydrogen) atoms. The first-order valence-corrected chi connectivity index (χ1v) is 10.7. The van der Waals surface area contributed by atoms with Gasteiger partial charge in [0.2, 0.25) is 5.91 Å². The smallest absolute Gasteiger partial charge is 0.256 e. The number of likely N-dealkylation sites (tertiary alicyclic amines) is 1. The molecule has 0 saturated carbocycles. The Kier molecular flexibility index (Phi) is 6.13. The molecular weight excluding hydrogens is 378 g/mol. The van der Waals surface area contributed by atoms with Gasteiger partial charge < -0.3 is 14.5 Å². The van der Waals surface area contributed by atoms with Crippen LogP contribution in [0, 0.1) is 6.92 Å². The van der Waals surface area contributed by atoms with Crippen molar-refractivity contribution in [2.75, 3.05) is 33.4 Å². The van der Waals surface area contributed by atoms with Crippen LogP contribution in [0.4, 0.5) is 0 Å². The molecule has 6 heteroatoms. The number of aromatic nitrogens is 1. The third-order valence-electron chi connectivity index (χ3n) is 6.21. The fraction of sp³-hybridized carbons (Fsp3) is 0.458. The fourth-order valence-corrected chi connectivity index (χ4v) is 4.53. The quantitative estimate of drug-likeness (QED) is 0.782. The third kappa shape index (κ3) is 4.24. The number of amides is 2. The molecule has 1 fully saturated rings. The standard InChI is InChI=1S/C24H29N3O3/c1-17-7-8-21(24(29)27-14-9-18-5-3-4-6-20(18)15-27)23(25-17)19-10-12-26(13-11-19)22(28)16-30-2/h3-8,19H,9-16H2,1-2H3. The number of piperidine rings is 1. The predicted molar refractivity (Wildman–Crippen MR) is 114 cm³/mol. The van der Waals surface area contributed by atoms with Crippen LogP contribution in [-0.2, 0) is 22.5 Å². The van der Waals surface area contributed by atoms with Gasteiger partial charge >= 0.3 is 0 Å². The monoisotopic (exact) mass is 407 g/mol. The average molecular weight is 408 g/mol. The van der Waals surface area contributed by atoms with Gasteiger partial charge in [0.1, 0.15) is 6.61 Å². The van der Waals surface area contributed by atoms with Crippen molar-refractivity contribution in [1.82, 2.24) is 14.8 Å². The maximum Gasteiger partial charge on any atom is 0.256 e. The predicted octanol–water partition coefficient (Wildman–Crippen LogP) is 2.94. The lowest BCUT2D eigenvalue weighted by atomic mass is 9.89. The zero-order valence-corrected chi connectivity index (χ0v) is 17.8. The van der Waals surface area contributed by atoms with Crippen LogP contribution in [0.25, 0.3) is 0 Å². The van der Waals surface area contributed by atoms with Crippen LogP contribution in [0.15, 0.2) is 36.4 Å². The van der Waals surface area contributed by atoms with Gasteiger partial charge in [-0.2, -0.15) is 0 Å². The van der Waals surface area contributed by atoms with E-state index in [1.807, 2.05) is 34.9 Å². The van der Waals surface area contributed by atoms with Crippen molar-refractivity contribution in [3.8, 4) is 0 Å². The van der Waals surface area contributed by atoms with Gasteiger partial charge in [-0.1, -0.05) is 24.3 Å². The first-order chi connectivity index (χ1) is 14.6. The highest BCUT2D eigenvalue weighted by Crippen LogP contribution is 2.31. The summed E-state index contributed by atoms with van der Waals surface area (Å²) >= 11 is 0. The Balaban J connectivity index is 1.52. The number of benzene rings is 1. The fourth-order valence-electron chi connectivity index (χ4n) is 4.53. The molecule has 0 bridgehead atoms. The largest absolute Gasteiger partial charge is 0.375 e. The zero-order valence-electron chi connectivity index (χ0n) is 17.8. The summed E-state index contributed by atoms with van der Waals surface area (Å²) in [5, 5.41) is 0. The average Bonchev–Trinajstić information content (AvgIpc) is 2.78. The van der Waals surface area contributed by atoms with Gasteiger partial charge in [-0.25, -0.2) is 0 Å². The van der Waals surface area contributed by atoms with E-state index in [0.717, 1.165) is 37.2 Å². The zero-order chi connectivity index (χ0) is 21.1. The van der Waals surface area contributed by atoms with E-state index in [4.69, 9.17) is 9.72 Å². The second-order valence-electron chi connectivity index (χ2n) is 8.22. The Bertz CT molecular complexity index is 935. The molecule has 1 aromatic heterocycles. The number of ether oxygens (including phenoxy) is 1. The highest BCUT2D eigenvalue weighted by Gasteiger charge is 2.30. The molecule has 2 aromatic rings. The number of fused-ring (bicyclic) bond motifs is 1. The van der Waals surface area contributed by atoms with Gasteiger partial charge in [0.05, 0.1) is 11.3 Å². The van der Waals surface area contributed by atoms with Crippen LogP contribution in [0.1, 0.15) is 51.6 Å². The molecule has 0 N–H and O–H groups in total. The molecule has 2 aliphatic rings. The van der Waals surface area contributed by atoms with Crippen molar-refractivity contribution in [2.24, 2.45) is 0 Å². The summed E-state index contributed by atoms with van der Waals surface area (Å²) in [6.07, 6.45) is 2.51. The number of hydrogen-bond acceptors (Lipinski definition) is 4. The lowest BCUT2D eigenvalue weighted by Gasteiger charge is -2.33. The van der Waals surface area contributed by atoms with E-state index >= 15 is 0 Å². The first kappa shape index (κ1) is 20.5. The van der Waals surface area contributed by atoms with Gasteiger partial charge in [0, 0.05) is 44.9 Å². The molecule has 0 radical (unpaired) electrons. The van der Waals surface area contributed by atoms with E-state index in [0.29, 0.717) is 25.2 Å². The number of pyridine rings is 1. The highest BCUT2D eigenvalue weighted by atomic mass is 16.5. The van der Waals surface area contributed by atoms with E-state index < -0.39 is 0 Å². The summed E-state index contributed by atoms with van der Waals surface area (Å²) in [6.45, 7) is 4.81. The molecule has 0 spiro atoms. The second kappa shape index (κ2) is 8.96. The Morgan fingerprint density at radius 1 is 1.03 bits per heavy atom. The molecule has 0 unspecified atom stereocenters. The van der Waals surface area contributed by atoms with Crippen molar-refractivity contribution in [3.63, 3.8) is 0 Å². The number of aryl methyl sites for hydroxylation is 1. The summed E-state index contributed by atoms with van der Waals surface area (Å²) < 4.78 is 4.97. The lowest BCUT2D eigenvalue weighted by Crippen LogP contribution is -2.40. The summed E-state index contributed by atoms with van der Waals surface area (Å²) in [5.41, 5.74) is 5.07. The second-order valence-corrected chi connectivity index (χ2v) is 8.22. The Labute approximate surface area is 177 Å². The van der Waals surface area contributed by atoms with E-state index in [9.17, 15) is 9.59 Å². The number of rotatable bonds is 4. The van der Waals surface area contributed by atoms with E-state index in [2.05, 4.69) is 18.2 Å². The van der Waals surface area contributed by atoms with Crippen LogP contribution in [0.3, 0.4) is 0 Å². The highest BCUT2D eigenvalue weighted by molar-refractivity contribution is 5.95. The van der Waals surface area contributed by atoms with Crippen LogP contribution in [0.5, 0.6) is 0 Å². The molecule has 1 aromatic carbocycles. The van der Waals surface area contributed by atoms with Crippen molar-refractivity contribution < 1.29 is 14.3 Å². The minimum atomic E-state index is 0.0245. The van der Waals surface area contributed by atoms with Crippen molar-refractivity contribution >= 4 is 11.8 Å². The van der Waals surface area contributed by atoms with E-state index in [1.54, 1.807) is 0 Å². The number of methoxy groups -OCH3 is 1. The SMILES string of the molecule is COCC(=O)N1CCC(c2nc(C)ccc2C(=O)N2CCc3ccccc3C2)CC1. The Morgan fingerprint density at radius 3 is 2.50 bits per heavy atom. The molecule has 4 rings (SSSR count). The Hall–Kier alpha value is -2.73. The number of carbonyl (C=O) groups excluding carboxylic acids is 2.